The predicted octanol–water partition coefficient (Wildman–Crippen LogP) is 2.24. The van der Waals surface area contributed by atoms with E-state index in [4.69, 9.17) is 27.9 Å². The first kappa shape index (κ1) is 15.5. The Bertz CT molecular complexity index is 506. The molecule has 1 rings (SSSR count). The Labute approximate surface area is 120 Å². The number of hydrogen-bond donors (Lipinski definition) is 1. The minimum absolute atomic E-state index is 0.0926. The van der Waals surface area contributed by atoms with Gasteiger partial charge >= 0.3 is 5.97 Å². The maximum Gasteiger partial charge on any atom is 0.340 e. The lowest BCUT2D eigenvalue weighted by Gasteiger charge is -2.12. The van der Waals surface area contributed by atoms with Gasteiger partial charge in [0.2, 0.25) is 0 Å². The molecule has 0 radical (unpaired) electrons. The van der Waals surface area contributed by atoms with Crippen LogP contribution in [0.25, 0.3) is 0 Å². The van der Waals surface area contributed by atoms with Crippen LogP contribution in [0.5, 0.6) is 0 Å². The fraction of sp³-hybridized carbons (Fsp3) is 0.250. The summed E-state index contributed by atoms with van der Waals surface area (Å²) in [6.07, 6.45) is 1.82. The van der Waals surface area contributed by atoms with Gasteiger partial charge in [-0.25, -0.2) is 9.78 Å². The van der Waals surface area contributed by atoms with Crippen molar-refractivity contribution in [1.29, 1.82) is 0 Å². The van der Waals surface area contributed by atoms with E-state index in [9.17, 15) is 9.59 Å². The number of aromatic nitrogens is 1. The third kappa shape index (κ3) is 4.54. The summed E-state index contributed by atoms with van der Waals surface area (Å²) in [7, 11) is 0. The zero-order chi connectivity index (χ0) is 14.4. The van der Waals surface area contributed by atoms with Crippen molar-refractivity contribution in [3.63, 3.8) is 0 Å². The van der Waals surface area contributed by atoms with Gasteiger partial charge in [0.15, 0.2) is 6.10 Å². The third-order valence-electron chi connectivity index (χ3n) is 2.11. The molecule has 1 heterocycles. The van der Waals surface area contributed by atoms with Crippen molar-refractivity contribution < 1.29 is 14.3 Å². The molecule has 0 saturated carbocycles. The number of halogens is 2. The quantitative estimate of drug-likeness (QED) is 0.514. The molecule has 1 N–H and O–H groups in total. The van der Waals surface area contributed by atoms with E-state index < -0.39 is 18.0 Å². The number of nitrogens with one attached hydrogen (secondary N) is 1. The molecule has 0 aliphatic carbocycles. The fourth-order valence-electron chi connectivity index (χ4n) is 1.13. The van der Waals surface area contributed by atoms with Crippen LogP contribution < -0.4 is 5.32 Å². The Kier molecular flexibility index (Phi) is 5.79. The number of hydrogen-bond acceptors (Lipinski definition) is 4. The summed E-state index contributed by atoms with van der Waals surface area (Å²) in [4.78, 5) is 26.9. The van der Waals surface area contributed by atoms with Crippen molar-refractivity contribution in [1.82, 2.24) is 10.3 Å². The molecule has 0 spiro atoms. The molecule has 1 amide bonds. The molecule has 7 heteroatoms. The van der Waals surface area contributed by atoms with E-state index in [1.54, 1.807) is 0 Å². The van der Waals surface area contributed by atoms with Gasteiger partial charge in [0.1, 0.15) is 5.15 Å². The summed E-state index contributed by atoms with van der Waals surface area (Å²) in [6, 6.07) is 1.33. The largest absolute Gasteiger partial charge is 0.449 e. The van der Waals surface area contributed by atoms with Gasteiger partial charge in [-0.15, -0.1) is 6.58 Å². The van der Waals surface area contributed by atoms with E-state index in [2.05, 4.69) is 16.9 Å². The molecular weight excluding hydrogens is 291 g/mol. The van der Waals surface area contributed by atoms with Crippen molar-refractivity contribution in [2.45, 2.75) is 13.0 Å². The van der Waals surface area contributed by atoms with Crippen molar-refractivity contribution in [2.75, 3.05) is 6.54 Å². The van der Waals surface area contributed by atoms with Crippen LogP contribution in [-0.4, -0.2) is 29.5 Å². The van der Waals surface area contributed by atoms with Crippen LogP contribution in [0.4, 0.5) is 0 Å². The molecule has 1 atom stereocenters. The number of nitrogens with zero attached hydrogens (tertiary/aromatic N) is 1. The molecule has 0 aliphatic heterocycles. The van der Waals surface area contributed by atoms with Crippen molar-refractivity contribution in [3.8, 4) is 0 Å². The normalized spacial score (nSPS) is 11.5. The average molecular weight is 303 g/mol. The monoisotopic (exact) mass is 302 g/mol. The Hall–Kier alpha value is -1.59. The topological polar surface area (TPSA) is 68.3 Å². The van der Waals surface area contributed by atoms with Crippen LogP contribution in [0, 0.1) is 0 Å². The van der Waals surface area contributed by atoms with Crippen LogP contribution in [0.15, 0.2) is 24.9 Å². The number of carbonyl (C=O) groups excluding carboxylic acids is 2. The smallest absolute Gasteiger partial charge is 0.340 e. The zero-order valence-corrected chi connectivity index (χ0v) is 11.7. The second kappa shape index (κ2) is 7.11. The van der Waals surface area contributed by atoms with E-state index in [-0.39, 0.29) is 15.7 Å². The lowest BCUT2D eigenvalue weighted by atomic mass is 10.3. The molecular formula is C12H12Cl2N2O3. The van der Waals surface area contributed by atoms with Gasteiger partial charge in [-0.05, 0) is 13.0 Å². The first-order valence-electron chi connectivity index (χ1n) is 5.36. The van der Waals surface area contributed by atoms with E-state index in [1.807, 2.05) is 0 Å². The fourth-order valence-corrected chi connectivity index (χ4v) is 1.40. The maximum atomic E-state index is 11.7. The molecule has 0 bridgehead atoms. The third-order valence-corrected chi connectivity index (χ3v) is 2.79. The lowest BCUT2D eigenvalue weighted by molar-refractivity contribution is -0.128. The molecule has 5 nitrogen and oxygen atoms in total. The summed E-state index contributed by atoms with van der Waals surface area (Å²) in [6.45, 7) is 5.22. The van der Waals surface area contributed by atoms with Crippen LogP contribution in [-0.2, 0) is 9.53 Å². The first-order valence-corrected chi connectivity index (χ1v) is 6.12. The Balaban J connectivity index is 2.65. The Morgan fingerprint density at radius 3 is 2.84 bits per heavy atom. The molecule has 0 fully saturated rings. The van der Waals surface area contributed by atoms with Gasteiger partial charge < -0.3 is 10.1 Å². The van der Waals surface area contributed by atoms with E-state index >= 15 is 0 Å². The van der Waals surface area contributed by atoms with Gasteiger partial charge in [0.05, 0.1) is 10.6 Å². The zero-order valence-electron chi connectivity index (χ0n) is 10.2. The van der Waals surface area contributed by atoms with Crippen LogP contribution in [0.1, 0.15) is 17.3 Å². The highest BCUT2D eigenvalue weighted by atomic mass is 35.5. The summed E-state index contributed by atoms with van der Waals surface area (Å²) < 4.78 is 4.96. The number of ether oxygens (including phenoxy) is 1. The second-order valence-electron chi connectivity index (χ2n) is 3.58. The molecule has 102 valence electrons. The summed E-state index contributed by atoms with van der Waals surface area (Å²) in [5.41, 5.74) is 0.123. The minimum Gasteiger partial charge on any atom is -0.449 e. The standard InChI is InChI=1S/C12H12Cl2N2O3/c1-3-4-15-11(17)7(2)19-12(18)8-5-9(13)10(14)16-6-8/h3,5-7H,1,4H2,2H3,(H,15,17). The van der Waals surface area contributed by atoms with Gasteiger partial charge in [0, 0.05) is 12.7 Å². The average Bonchev–Trinajstić information content (AvgIpc) is 2.38. The van der Waals surface area contributed by atoms with E-state index in [1.165, 1.54) is 25.3 Å². The van der Waals surface area contributed by atoms with Crippen molar-refractivity contribution in [2.24, 2.45) is 0 Å². The molecule has 0 aliphatic rings. The van der Waals surface area contributed by atoms with Crippen LogP contribution in [0.2, 0.25) is 10.2 Å². The molecule has 19 heavy (non-hydrogen) atoms. The van der Waals surface area contributed by atoms with Crippen molar-refractivity contribution in [3.05, 3.63) is 40.7 Å². The van der Waals surface area contributed by atoms with Crippen LogP contribution in [0.3, 0.4) is 0 Å². The highest BCUT2D eigenvalue weighted by molar-refractivity contribution is 6.41. The summed E-state index contributed by atoms with van der Waals surface area (Å²) in [5.74, 6) is -1.12. The molecule has 0 saturated heterocycles. The van der Waals surface area contributed by atoms with E-state index in [0.717, 1.165) is 0 Å². The Morgan fingerprint density at radius 1 is 1.58 bits per heavy atom. The first-order chi connectivity index (χ1) is 8.95. The summed E-state index contributed by atoms with van der Waals surface area (Å²) in [5, 5.41) is 2.74. The highest BCUT2D eigenvalue weighted by Crippen LogP contribution is 2.20. The highest BCUT2D eigenvalue weighted by Gasteiger charge is 2.19. The van der Waals surface area contributed by atoms with E-state index in [0.29, 0.717) is 6.54 Å². The Morgan fingerprint density at radius 2 is 2.26 bits per heavy atom. The molecule has 0 aromatic carbocycles. The molecule has 1 aromatic heterocycles. The lowest BCUT2D eigenvalue weighted by Crippen LogP contribution is -2.35. The number of amides is 1. The van der Waals surface area contributed by atoms with Gasteiger partial charge in [-0.1, -0.05) is 29.3 Å². The molecule has 1 aromatic rings. The van der Waals surface area contributed by atoms with Gasteiger partial charge in [-0.3, -0.25) is 4.79 Å². The van der Waals surface area contributed by atoms with Crippen LogP contribution >= 0.6 is 23.2 Å². The summed E-state index contributed by atoms with van der Waals surface area (Å²) >= 11 is 11.4. The van der Waals surface area contributed by atoms with Gasteiger partial charge in [-0.2, -0.15) is 0 Å². The number of pyridine rings is 1. The second-order valence-corrected chi connectivity index (χ2v) is 4.34. The number of carbonyl (C=O) groups is 2. The van der Waals surface area contributed by atoms with Gasteiger partial charge in [0.25, 0.3) is 5.91 Å². The SMILES string of the molecule is C=CCNC(=O)C(C)OC(=O)c1cnc(Cl)c(Cl)c1. The minimum atomic E-state index is -0.929. The number of rotatable bonds is 5. The number of esters is 1. The van der Waals surface area contributed by atoms with Crippen molar-refractivity contribution >= 4 is 35.1 Å². The molecule has 1 unspecified atom stereocenters. The predicted molar refractivity (Wildman–Crippen MR) is 72.3 cm³/mol. The maximum absolute atomic E-state index is 11.7.